The number of nitrogen functional groups attached to an aromatic ring is 1. The van der Waals surface area contributed by atoms with Crippen LogP contribution in [0.2, 0.25) is 0 Å². The number of nitrogens with two attached hydrogens (primary N) is 1. The number of fused-ring (bicyclic) bond motifs is 1. The second-order valence-electron chi connectivity index (χ2n) is 4.55. The zero-order valence-electron chi connectivity index (χ0n) is 11.0. The Morgan fingerprint density at radius 3 is 2.71 bits per heavy atom. The fraction of sp³-hybridized carbons (Fsp3) is 0. The minimum atomic E-state index is -0.441. The third kappa shape index (κ3) is 2.35. The van der Waals surface area contributed by atoms with Crippen LogP contribution in [0, 0.1) is 17.1 Å². The van der Waals surface area contributed by atoms with Crippen molar-refractivity contribution in [3.05, 3.63) is 60.2 Å². The molecule has 102 valence electrons. The Bertz CT molecular complexity index is 868. The highest BCUT2D eigenvalue weighted by atomic mass is 19.1. The van der Waals surface area contributed by atoms with E-state index in [1.54, 1.807) is 18.5 Å². The summed E-state index contributed by atoms with van der Waals surface area (Å²) < 4.78 is 13.2. The second-order valence-corrected chi connectivity index (χ2v) is 4.55. The summed E-state index contributed by atoms with van der Waals surface area (Å²) in [6.07, 6.45) is 3.36. The van der Waals surface area contributed by atoms with Crippen LogP contribution in [0.25, 0.3) is 10.8 Å². The first-order valence-corrected chi connectivity index (χ1v) is 6.28. The molecule has 3 rings (SSSR count). The summed E-state index contributed by atoms with van der Waals surface area (Å²) in [5, 5.41) is 13.9. The molecule has 3 N–H and O–H groups in total. The molecule has 0 atom stereocenters. The largest absolute Gasteiger partial charge is 0.398 e. The van der Waals surface area contributed by atoms with Gasteiger partial charge in [-0.25, -0.2) is 4.39 Å². The molecule has 0 radical (unpaired) electrons. The molecule has 1 aromatic heterocycles. The van der Waals surface area contributed by atoms with E-state index in [1.807, 2.05) is 18.2 Å². The number of nitrogens with zero attached hydrogens (tertiary/aromatic N) is 2. The van der Waals surface area contributed by atoms with Gasteiger partial charge >= 0.3 is 0 Å². The first-order valence-electron chi connectivity index (χ1n) is 6.28. The zero-order chi connectivity index (χ0) is 14.8. The fourth-order valence-corrected chi connectivity index (χ4v) is 2.18. The Balaban J connectivity index is 2.11. The monoisotopic (exact) mass is 278 g/mol. The number of anilines is 3. The lowest BCUT2D eigenvalue weighted by Gasteiger charge is -2.12. The van der Waals surface area contributed by atoms with Crippen LogP contribution in [-0.2, 0) is 0 Å². The quantitative estimate of drug-likeness (QED) is 0.703. The van der Waals surface area contributed by atoms with Crippen LogP contribution in [-0.4, -0.2) is 4.98 Å². The van der Waals surface area contributed by atoms with Gasteiger partial charge < -0.3 is 11.1 Å². The van der Waals surface area contributed by atoms with E-state index in [2.05, 4.69) is 10.3 Å². The Morgan fingerprint density at radius 1 is 1.10 bits per heavy atom. The van der Waals surface area contributed by atoms with E-state index in [0.29, 0.717) is 11.4 Å². The molecule has 0 unspecified atom stereocenters. The molecule has 4 nitrogen and oxygen atoms in total. The number of nitrogens with one attached hydrogen (secondary N) is 1. The molecule has 0 fully saturated rings. The van der Waals surface area contributed by atoms with E-state index in [0.717, 1.165) is 16.5 Å². The van der Waals surface area contributed by atoms with Crippen molar-refractivity contribution in [2.75, 3.05) is 11.1 Å². The van der Waals surface area contributed by atoms with Crippen molar-refractivity contribution in [2.24, 2.45) is 0 Å². The van der Waals surface area contributed by atoms with Crippen LogP contribution in [0.1, 0.15) is 5.56 Å². The average molecular weight is 278 g/mol. The average Bonchev–Trinajstić information content (AvgIpc) is 2.52. The molecular formula is C16H11FN4. The van der Waals surface area contributed by atoms with E-state index in [-0.39, 0.29) is 5.56 Å². The third-order valence-electron chi connectivity index (χ3n) is 3.22. The molecule has 0 aliphatic rings. The Hall–Kier alpha value is -3.13. The standard InChI is InChI=1S/C16H11FN4/c17-11-1-3-15(10(7-11)8-18)21-16-4-2-14(19)13-9-20-6-5-12(13)16/h1-7,9,21H,19H2. The molecule has 0 aliphatic heterocycles. The van der Waals surface area contributed by atoms with E-state index in [1.165, 1.54) is 18.2 Å². The summed E-state index contributed by atoms with van der Waals surface area (Å²) in [7, 11) is 0. The maximum Gasteiger partial charge on any atom is 0.124 e. The van der Waals surface area contributed by atoms with Gasteiger partial charge in [0.25, 0.3) is 0 Å². The summed E-state index contributed by atoms with van der Waals surface area (Å²) in [6.45, 7) is 0. The van der Waals surface area contributed by atoms with Crippen LogP contribution in [0.5, 0.6) is 0 Å². The van der Waals surface area contributed by atoms with Gasteiger partial charge in [-0.15, -0.1) is 0 Å². The van der Waals surface area contributed by atoms with E-state index >= 15 is 0 Å². The maximum atomic E-state index is 13.2. The van der Waals surface area contributed by atoms with Crippen LogP contribution in [0.15, 0.2) is 48.8 Å². The minimum Gasteiger partial charge on any atom is -0.398 e. The van der Waals surface area contributed by atoms with Crippen molar-refractivity contribution in [1.29, 1.82) is 5.26 Å². The second kappa shape index (κ2) is 5.10. The van der Waals surface area contributed by atoms with E-state index in [4.69, 9.17) is 11.0 Å². The highest BCUT2D eigenvalue weighted by Gasteiger charge is 2.08. The molecule has 0 amide bonds. The van der Waals surface area contributed by atoms with Crippen LogP contribution >= 0.6 is 0 Å². The van der Waals surface area contributed by atoms with Crippen molar-refractivity contribution >= 4 is 27.8 Å². The van der Waals surface area contributed by atoms with E-state index < -0.39 is 5.82 Å². The predicted molar refractivity (Wildman–Crippen MR) is 80.6 cm³/mol. The summed E-state index contributed by atoms with van der Waals surface area (Å²) in [5.41, 5.74) is 8.12. The number of hydrogen-bond donors (Lipinski definition) is 2. The molecule has 0 aliphatic carbocycles. The van der Waals surface area contributed by atoms with Gasteiger partial charge in [0.05, 0.1) is 11.3 Å². The lowest BCUT2D eigenvalue weighted by molar-refractivity contribution is 0.627. The first kappa shape index (κ1) is 12.9. The van der Waals surface area contributed by atoms with Gasteiger partial charge in [-0.3, -0.25) is 4.98 Å². The lowest BCUT2D eigenvalue weighted by Crippen LogP contribution is -1.97. The maximum absolute atomic E-state index is 13.2. The van der Waals surface area contributed by atoms with Gasteiger partial charge in [0.1, 0.15) is 11.9 Å². The number of hydrogen-bond acceptors (Lipinski definition) is 4. The van der Waals surface area contributed by atoms with Crippen molar-refractivity contribution in [3.8, 4) is 6.07 Å². The van der Waals surface area contributed by atoms with Crippen molar-refractivity contribution < 1.29 is 4.39 Å². The van der Waals surface area contributed by atoms with Crippen LogP contribution < -0.4 is 11.1 Å². The van der Waals surface area contributed by atoms with Crippen molar-refractivity contribution in [2.45, 2.75) is 0 Å². The van der Waals surface area contributed by atoms with Crippen LogP contribution in [0.4, 0.5) is 21.5 Å². The summed E-state index contributed by atoms with van der Waals surface area (Å²) in [4.78, 5) is 4.06. The molecule has 1 heterocycles. The number of aromatic nitrogens is 1. The number of rotatable bonds is 2. The number of pyridine rings is 1. The van der Waals surface area contributed by atoms with Gasteiger partial charge in [-0.05, 0) is 36.4 Å². The zero-order valence-corrected chi connectivity index (χ0v) is 11.0. The first-order chi connectivity index (χ1) is 10.2. The highest BCUT2D eigenvalue weighted by Crippen LogP contribution is 2.30. The van der Waals surface area contributed by atoms with Gasteiger partial charge in [0.15, 0.2) is 0 Å². The fourth-order valence-electron chi connectivity index (χ4n) is 2.18. The SMILES string of the molecule is N#Cc1cc(F)ccc1Nc1ccc(N)c2cnccc12. The molecule has 3 aromatic rings. The number of benzene rings is 2. The molecule has 5 heteroatoms. The smallest absolute Gasteiger partial charge is 0.124 e. The highest BCUT2D eigenvalue weighted by molar-refractivity contribution is 6.01. The summed E-state index contributed by atoms with van der Waals surface area (Å²) >= 11 is 0. The normalized spacial score (nSPS) is 10.3. The van der Waals surface area contributed by atoms with Gasteiger partial charge in [0.2, 0.25) is 0 Å². The minimum absolute atomic E-state index is 0.244. The summed E-state index contributed by atoms with van der Waals surface area (Å²) in [6, 6.07) is 11.4. The third-order valence-corrected chi connectivity index (χ3v) is 3.22. The Kier molecular flexibility index (Phi) is 3.13. The molecule has 0 bridgehead atoms. The predicted octanol–water partition coefficient (Wildman–Crippen LogP) is 3.57. The lowest BCUT2D eigenvalue weighted by atomic mass is 10.1. The van der Waals surface area contributed by atoms with Crippen LogP contribution in [0.3, 0.4) is 0 Å². The topological polar surface area (TPSA) is 74.7 Å². The van der Waals surface area contributed by atoms with Gasteiger partial charge in [0, 0.05) is 34.5 Å². The van der Waals surface area contributed by atoms with Crippen molar-refractivity contribution in [1.82, 2.24) is 4.98 Å². The molecule has 2 aromatic carbocycles. The van der Waals surface area contributed by atoms with E-state index in [9.17, 15) is 4.39 Å². The van der Waals surface area contributed by atoms with Gasteiger partial charge in [-0.1, -0.05) is 0 Å². The summed E-state index contributed by atoms with van der Waals surface area (Å²) in [5.74, 6) is -0.441. The molecular weight excluding hydrogens is 267 g/mol. The van der Waals surface area contributed by atoms with Crippen molar-refractivity contribution in [3.63, 3.8) is 0 Å². The number of nitriles is 1. The number of halogens is 1. The Labute approximate surface area is 120 Å². The molecule has 0 saturated carbocycles. The van der Waals surface area contributed by atoms with Gasteiger partial charge in [-0.2, -0.15) is 5.26 Å². The molecule has 21 heavy (non-hydrogen) atoms. The molecule has 0 saturated heterocycles. The Morgan fingerprint density at radius 2 is 1.90 bits per heavy atom. The molecule has 0 spiro atoms.